The molecule has 0 saturated heterocycles. The van der Waals surface area contributed by atoms with Crippen LogP contribution >= 0.6 is 15.9 Å². The minimum atomic E-state index is -0.320. The average Bonchev–Trinajstić information content (AvgIpc) is 2.35. The fraction of sp³-hybridized carbons (Fsp3) is 0.143. The van der Waals surface area contributed by atoms with Gasteiger partial charge in [-0.2, -0.15) is 0 Å². The number of halogens is 3. The second-order valence-corrected chi connectivity index (χ2v) is 4.84. The van der Waals surface area contributed by atoms with E-state index in [-0.39, 0.29) is 11.6 Å². The number of nitrogens with one attached hydrogen (secondary N) is 1. The predicted octanol–water partition coefficient (Wildman–Crippen LogP) is 4.65. The van der Waals surface area contributed by atoms with Crippen molar-refractivity contribution in [2.75, 3.05) is 5.32 Å². The summed E-state index contributed by atoms with van der Waals surface area (Å²) < 4.78 is 27.2. The first kappa shape index (κ1) is 13.0. The number of anilines is 1. The van der Waals surface area contributed by atoms with Crippen molar-refractivity contribution in [2.45, 2.75) is 13.5 Å². The molecule has 0 amide bonds. The number of hydrogen-bond acceptors (Lipinski definition) is 1. The van der Waals surface area contributed by atoms with Crippen molar-refractivity contribution < 1.29 is 8.78 Å². The smallest absolute Gasteiger partial charge is 0.146 e. The summed E-state index contributed by atoms with van der Waals surface area (Å²) in [6, 6.07) is 9.64. The van der Waals surface area contributed by atoms with E-state index >= 15 is 0 Å². The first-order chi connectivity index (χ1) is 8.58. The Morgan fingerprint density at radius 3 is 2.67 bits per heavy atom. The SMILES string of the molecule is Cc1ccc(F)c(NCc2cccc(F)c2Br)c1. The van der Waals surface area contributed by atoms with Crippen molar-refractivity contribution in [1.29, 1.82) is 0 Å². The van der Waals surface area contributed by atoms with E-state index in [1.807, 2.05) is 6.92 Å². The maximum Gasteiger partial charge on any atom is 0.146 e. The Hall–Kier alpha value is -1.42. The Morgan fingerprint density at radius 2 is 1.89 bits per heavy atom. The molecule has 4 heteroatoms. The normalized spacial score (nSPS) is 10.4. The summed E-state index contributed by atoms with van der Waals surface area (Å²) in [7, 11) is 0. The van der Waals surface area contributed by atoms with E-state index in [2.05, 4.69) is 21.2 Å². The van der Waals surface area contributed by atoms with Gasteiger partial charge in [0, 0.05) is 6.54 Å². The van der Waals surface area contributed by atoms with Crippen molar-refractivity contribution in [3.05, 3.63) is 63.6 Å². The standard InChI is InChI=1S/C14H12BrF2N/c1-9-5-6-11(16)13(7-9)18-8-10-3-2-4-12(17)14(10)15/h2-7,18H,8H2,1H3. The minimum absolute atomic E-state index is 0.312. The van der Waals surface area contributed by atoms with Crippen LogP contribution in [0.2, 0.25) is 0 Å². The fourth-order valence-corrected chi connectivity index (χ4v) is 2.05. The molecule has 2 rings (SSSR count). The molecule has 0 heterocycles. The molecule has 0 aliphatic carbocycles. The second kappa shape index (κ2) is 5.48. The predicted molar refractivity (Wildman–Crippen MR) is 72.6 cm³/mol. The van der Waals surface area contributed by atoms with Crippen molar-refractivity contribution in [2.24, 2.45) is 0 Å². The number of aryl methyl sites for hydroxylation is 1. The van der Waals surface area contributed by atoms with Crippen LogP contribution in [0.25, 0.3) is 0 Å². The Balaban J connectivity index is 2.16. The fourth-order valence-electron chi connectivity index (χ4n) is 1.65. The molecule has 0 unspecified atom stereocenters. The molecule has 0 aliphatic rings. The van der Waals surface area contributed by atoms with E-state index in [1.165, 1.54) is 12.1 Å². The third kappa shape index (κ3) is 2.88. The van der Waals surface area contributed by atoms with Crippen LogP contribution in [-0.2, 0) is 6.54 Å². The van der Waals surface area contributed by atoms with Gasteiger partial charge in [-0.3, -0.25) is 0 Å². The number of rotatable bonds is 3. The van der Waals surface area contributed by atoms with Crippen LogP contribution in [0.4, 0.5) is 14.5 Å². The van der Waals surface area contributed by atoms with Gasteiger partial charge in [0.2, 0.25) is 0 Å². The first-order valence-corrected chi connectivity index (χ1v) is 6.30. The van der Waals surface area contributed by atoms with Gasteiger partial charge < -0.3 is 5.32 Å². The summed E-state index contributed by atoms with van der Waals surface area (Å²) in [6.45, 7) is 2.25. The summed E-state index contributed by atoms with van der Waals surface area (Å²) in [5, 5.41) is 2.97. The summed E-state index contributed by atoms with van der Waals surface area (Å²) >= 11 is 3.18. The molecule has 94 valence electrons. The van der Waals surface area contributed by atoms with E-state index in [1.54, 1.807) is 24.3 Å². The third-order valence-corrected chi connectivity index (χ3v) is 3.51. The lowest BCUT2D eigenvalue weighted by Crippen LogP contribution is -2.03. The van der Waals surface area contributed by atoms with Crippen LogP contribution < -0.4 is 5.32 Å². The van der Waals surface area contributed by atoms with Gasteiger partial charge >= 0.3 is 0 Å². The summed E-state index contributed by atoms with van der Waals surface area (Å²) in [5.74, 6) is -0.632. The van der Waals surface area contributed by atoms with Gasteiger partial charge in [-0.25, -0.2) is 8.78 Å². The van der Waals surface area contributed by atoms with E-state index in [9.17, 15) is 8.78 Å². The highest BCUT2D eigenvalue weighted by molar-refractivity contribution is 9.10. The van der Waals surface area contributed by atoms with E-state index in [4.69, 9.17) is 0 Å². The van der Waals surface area contributed by atoms with Crippen molar-refractivity contribution in [1.82, 2.24) is 0 Å². The van der Waals surface area contributed by atoms with Crippen molar-refractivity contribution >= 4 is 21.6 Å². The maximum absolute atomic E-state index is 13.5. The van der Waals surface area contributed by atoms with Gasteiger partial charge in [0.15, 0.2) is 0 Å². The maximum atomic E-state index is 13.5. The molecule has 0 saturated carbocycles. The lowest BCUT2D eigenvalue weighted by Gasteiger charge is -2.10. The van der Waals surface area contributed by atoms with Gasteiger partial charge in [-0.1, -0.05) is 18.2 Å². The zero-order chi connectivity index (χ0) is 13.1. The molecular weight excluding hydrogens is 300 g/mol. The highest BCUT2D eigenvalue weighted by Crippen LogP contribution is 2.22. The molecule has 2 aromatic rings. The van der Waals surface area contributed by atoms with Crippen LogP contribution in [0.1, 0.15) is 11.1 Å². The van der Waals surface area contributed by atoms with Crippen molar-refractivity contribution in [3.8, 4) is 0 Å². The lowest BCUT2D eigenvalue weighted by molar-refractivity contribution is 0.618. The largest absolute Gasteiger partial charge is 0.379 e. The molecule has 0 atom stereocenters. The van der Waals surface area contributed by atoms with Crippen LogP contribution in [0.3, 0.4) is 0 Å². The quantitative estimate of drug-likeness (QED) is 0.870. The zero-order valence-corrected chi connectivity index (χ0v) is 11.4. The van der Waals surface area contributed by atoms with Crippen LogP contribution in [0.5, 0.6) is 0 Å². The van der Waals surface area contributed by atoms with Gasteiger partial charge in [0.25, 0.3) is 0 Å². The highest BCUT2D eigenvalue weighted by atomic mass is 79.9. The first-order valence-electron chi connectivity index (χ1n) is 5.51. The minimum Gasteiger partial charge on any atom is -0.379 e. The van der Waals surface area contributed by atoms with E-state index < -0.39 is 0 Å². The summed E-state index contributed by atoms with van der Waals surface area (Å²) in [6.07, 6.45) is 0. The topological polar surface area (TPSA) is 12.0 Å². The van der Waals surface area contributed by atoms with Gasteiger partial charge in [0.05, 0.1) is 10.2 Å². The molecular formula is C14H12BrF2N. The Bertz CT molecular complexity index is 568. The monoisotopic (exact) mass is 311 g/mol. The van der Waals surface area contributed by atoms with Crippen LogP contribution in [0.15, 0.2) is 40.9 Å². The molecule has 0 spiro atoms. The number of hydrogen-bond donors (Lipinski definition) is 1. The molecule has 1 N–H and O–H groups in total. The highest BCUT2D eigenvalue weighted by Gasteiger charge is 2.06. The van der Waals surface area contributed by atoms with Crippen molar-refractivity contribution in [3.63, 3.8) is 0 Å². The summed E-state index contributed by atoms with van der Waals surface area (Å²) in [5.41, 5.74) is 2.14. The van der Waals surface area contributed by atoms with Gasteiger partial charge in [0.1, 0.15) is 11.6 Å². The molecule has 0 bridgehead atoms. The Labute approximate surface area is 113 Å². The third-order valence-electron chi connectivity index (χ3n) is 2.62. The van der Waals surface area contributed by atoms with Crippen LogP contribution in [-0.4, -0.2) is 0 Å². The van der Waals surface area contributed by atoms with Gasteiger partial charge in [-0.15, -0.1) is 0 Å². The van der Waals surface area contributed by atoms with E-state index in [0.29, 0.717) is 16.7 Å². The zero-order valence-electron chi connectivity index (χ0n) is 9.81. The molecule has 1 nitrogen and oxygen atoms in total. The Morgan fingerprint density at radius 1 is 1.11 bits per heavy atom. The number of benzene rings is 2. The van der Waals surface area contributed by atoms with E-state index in [0.717, 1.165) is 11.1 Å². The van der Waals surface area contributed by atoms with Gasteiger partial charge in [-0.05, 0) is 52.2 Å². The Kier molecular flexibility index (Phi) is 3.97. The lowest BCUT2D eigenvalue weighted by atomic mass is 10.2. The molecule has 0 aromatic heterocycles. The molecule has 18 heavy (non-hydrogen) atoms. The molecule has 0 aliphatic heterocycles. The average molecular weight is 312 g/mol. The molecule has 0 fully saturated rings. The summed E-state index contributed by atoms with van der Waals surface area (Å²) in [4.78, 5) is 0. The second-order valence-electron chi connectivity index (χ2n) is 4.05. The molecule has 2 aromatic carbocycles. The van der Waals surface area contributed by atoms with Crippen LogP contribution in [0, 0.1) is 18.6 Å². The molecule has 0 radical (unpaired) electrons.